The summed E-state index contributed by atoms with van der Waals surface area (Å²) < 4.78 is 0. The second kappa shape index (κ2) is 6.12. The minimum atomic E-state index is -0.942. The summed E-state index contributed by atoms with van der Waals surface area (Å²) in [6.45, 7) is 6.56. The predicted octanol–water partition coefficient (Wildman–Crippen LogP) is 3.80. The van der Waals surface area contributed by atoms with Gasteiger partial charge in [-0.2, -0.15) is 0 Å². The van der Waals surface area contributed by atoms with Crippen LogP contribution in [0.4, 0.5) is 5.82 Å². The number of benzene rings is 1. The molecule has 0 aliphatic carbocycles. The van der Waals surface area contributed by atoms with Crippen LogP contribution in [0.1, 0.15) is 37.6 Å². The lowest BCUT2D eigenvalue weighted by molar-refractivity contribution is 0.0698. The van der Waals surface area contributed by atoms with E-state index in [9.17, 15) is 9.90 Å². The summed E-state index contributed by atoms with van der Waals surface area (Å²) in [5, 5.41) is 10.9. The number of carboxylic acid groups (broad SMARTS) is 1. The van der Waals surface area contributed by atoms with E-state index in [2.05, 4.69) is 30.7 Å². The van der Waals surface area contributed by atoms with Crippen LogP contribution in [0.5, 0.6) is 0 Å². The summed E-state index contributed by atoms with van der Waals surface area (Å²) in [5.74, 6) is 0.499. The second-order valence-corrected chi connectivity index (χ2v) is 5.94. The summed E-state index contributed by atoms with van der Waals surface area (Å²) in [6.07, 6.45) is 2.52. The van der Waals surface area contributed by atoms with Crippen LogP contribution in [0.15, 0.2) is 30.5 Å². The number of nitrogens with zero attached hydrogens (tertiary/aromatic N) is 2. The van der Waals surface area contributed by atoms with Crippen LogP contribution in [-0.4, -0.2) is 29.1 Å². The molecule has 2 rings (SSSR count). The van der Waals surface area contributed by atoms with Gasteiger partial charge in [0.1, 0.15) is 5.82 Å². The normalized spacial score (nSPS) is 12.6. The standard InChI is InChI=1S/C17H22N2O2/c1-11(2)9-12(3)19(4)16-14-8-6-5-7-13(14)15(10-18-16)17(20)21/h5-8,10-12H,9H2,1-4H3,(H,20,21). The van der Waals surface area contributed by atoms with Gasteiger partial charge >= 0.3 is 5.97 Å². The SMILES string of the molecule is CC(C)CC(C)N(C)c1ncc(C(=O)O)c2ccccc12. The second-order valence-electron chi connectivity index (χ2n) is 5.94. The zero-order chi connectivity index (χ0) is 15.6. The van der Waals surface area contributed by atoms with Crippen molar-refractivity contribution in [3.05, 3.63) is 36.0 Å². The first kappa shape index (κ1) is 15.3. The molecule has 0 radical (unpaired) electrons. The number of hydrogen-bond donors (Lipinski definition) is 1. The number of fused-ring (bicyclic) bond motifs is 1. The molecule has 1 atom stereocenters. The smallest absolute Gasteiger partial charge is 0.337 e. The van der Waals surface area contributed by atoms with Gasteiger partial charge in [0.15, 0.2) is 0 Å². The average Bonchev–Trinajstić information content (AvgIpc) is 2.44. The third-order valence-corrected chi connectivity index (χ3v) is 3.81. The number of rotatable bonds is 5. The molecule has 21 heavy (non-hydrogen) atoms. The highest BCUT2D eigenvalue weighted by atomic mass is 16.4. The van der Waals surface area contributed by atoms with E-state index in [0.717, 1.165) is 23.0 Å². The molecule has 0 saturated heterocycles. The van der Waals surface area contributed by atoms with Gasteiger partial charge in [0.25, 0.3) is 0 Å². The van der Waals surface area contributed by atoms with E-state index >= 15 is 0 Å². The number of hydrogen-bond acceptors (Lipinski definition) is 3. The fraction of sp³-hybridized carbons (Fsp3) is 0.412. The van der Waals surface area contributed by atoms with Crippen LogP contribution in [0.25, 0.3) is 10.8 Å². The van der Waals surface area contributed by atoms with Crippen LogP contribution in [0.3, 0.4) is 0 Å². The first-order valence-corrected chi connectivity index (χ1v) is 7.25. The molecule has 1 aromatic carbocycles. The van der Waals surface area contributed by atoms with Crippen molar-refractivity contribution in [2.24, 2.45) is 5.92 Å². The van der Waals surface area contributed by atoms with Crippen molar-refractivity contribution in [2.45, 2.75) is 33.2 Å². The Balaban J connectivity index is 2.50. The Morgan fingerprint density at radius 2 is 1.86 bits per heavy atom. The van der Waals surface area contributed by atoms with Gasteiger partial charge in [0, 0.05) is 30.1 Å². The topological polar surface area (TPSA) is 53.4 Å². The van der Waals surface area contributed by atoms with Crippen molar-refractivity contribution >= 4 is 22.6 Å². The van der Waals surface area contributed by atoms with Crippen LogP contribution in [-0.2, 0) is 0 Å². The highest BCUT2D eigenvalue weighted by molar-refractivity contribution is 6.06. The minimum absolute atomic E-state index is 0.249. The lowest BCUT2D eigenvalue weighted by Crippen LogP contribution is -2.31. The van der Waals surface area contributed by atoms with Crippen molar-refractivity contribution in [1.29, 1.82) is 0 Å². The largest absolute Gasteiger partial charge is 0.478 e. The molecule has 4 heteroatoms. The molecule has 0 saturated carbocycles. The van der Waals surface area contributed by atoms with E-state index in [-0.39, 0.29) is 5.56 Å². The van der Waals surface area contributed by atoms with Gasteiger partial charge < -0.3 is 10.0 Å². The van der Waals surface area contributed by atoms with Crippen LogP contribution in [0, 0.1) is 5.92 Å². The highest BCUT2D eigenvalue weighted by Crippen LogP contribution is 2.28. The Labute approximate surface area is 125 Å². The maximum Gasteiger partial charge on any atom is 0.337 e. The molecule has 1 N–H and O–H groups in total. The van der Waals surface area contributed by atoms with Gasteiger partial charge in [0.05, 0.1) is 5.56 Å². The number of pyridine rings is 1. The van der Waals surface area contributed by atoms with Gasteiger partial charge in [-0.25, -0.2) is 9.78 Å². The monoisotopic (exact) mass is 286 g/mol. The molecule has 1 aromatic heterocycles. The first-order chi connectivity index (χ1) is 9.91. The number of anilines is 1. The fourth-order valence-electron chi connectivity index (χ4n) is 2.68. The van der Waals surface area contributed by atoms with Gasteiger partial charge in [-0.3, -0.25) is 0 Å². The number of carbonyl (C=O) groups is 1. The minimum Gasteiger partial charge on any atom is -0.478 e. The Bertz CT molecular complexity index is 652. The van der Waals surface area contributed by atoms with E-state index in [0.29, 0.717) is 12.0 Å². The fourth-order valence-corrected chi connectivity index (χ4v) is 2.68. The van der Waals surface area contributed by atoms with Crippen molar-refractivity contribution < 1.29 is 9.90 Å². The lowest BCUT2D eigenvalue weighted by Gasteiger charge is -2.28. The Morgan fingerprint density at radius 1 is 1.24 bits per heavy atom. The number of aromatic carboxylic acids is 1. The molecule has 1 unspecified atom stereocenters. The molecular formula is C17H22N2O2. The zero-order valence-electron chi connectivity index (χ0n) is 13.0. The van der Waals surface area contributed by atoms with Crippen molar-refractivity contribution in [3.8, 4) is 0 Å². The number of aromatic nitrogens is 1. The molecule has 1 heterocycles. The Hall–Kier alpha value is -2.10. The van der Waals surface area contributed by atoms with Crippen molar-refractivity contribution in [3.63, 3.8) is 0 Å². The maximum atomic E-state index is 11.3. The molecule has 112 valence electrons. The number of carboxylic acids is 1. The third-order valence-electron chi connectivity index (χ3n) is 3.81. The van der Waals surface area contributed by atoms with Gasteiger partial charge in [0.2, 0.25) is 0 Å². The van der Waals surface area contributed by atoms with E-state index in [1.807, 2.05) is 31.3 Å². The highest BCUT2D eigenvalue weighted by Gasteiger charge is 2.18. The molecular weight excluding hydrogens is 264 g/mol. The lowest BCUT2D eigenvalue weighted by atomic mass is 10.0. The van der Waals surface area contributed by atoms with Gasteiger partial charge in [-0.05, 0) is 19.3 Å². The molecule has 2 aromatic rings. The van der Waals surface area contributed by atoms with Crippen molar-refractivity contribution in [1.82, 2.24) is 4.98 Å². The maximum absolute atomic E-state index is 11.3. The Kier molecular flexibility index (Phi) is 4.46. The Morgan fingerprint density at radius 3 is 2.43 bits per heavy atom. The quantitative estimate of drug-likeness (QED) is 0.908. The third kappa shape index (κ3) is 3.15. The van der Waals surface area contributed by atoms with Gasteiger partial charge in [-0.1, -0.05) is 38.1 Å². The summed E-state index contributed by atoms with van der Waals surface area (Å²) >= 11 is 0. The summed E-state index contributed by atoms with van der Waals surface area (Å²) in [6, 6.07) is 7.89. The van der Waals surface area contributed by atoms with E-state index in [1.54, 1.807) is 0 Å². The van der Waals surface area contributed by atoms with Gasteiger partial charge in [-0.15, -0.1) is 0 Å². The first-order valence-electron chi connectivity index (χ1n) is 7.25. The van der Waals surface area contributed by atoms with Crippen molar-refractivity contribution in [2.75, 3.05) is 11.9 Å². The molecule has 0 fully saturated rings. The molecule has 0 bridgehead atoms. The molecule has 0 amide bonds. The predicted molar refractivity (Wildman–Crippen MR) is 86.0 cm³/mol. The molecule has 4 nitrogen and oxygen atoms in total. The summed E-state index contributed by atoms with van der Waals surface area (Å²) in [4.78, 5) is 17.9. The molecule has 0 aliphatic rings. The molecule has 0 spiro atoms. The summed E-state index contributed by atoms with van der Waals surface area (Å²) in [5.41, 5.74) is 0.249. The van der Waals surface area contributed by atoms with E-state index < -0.39 is 5.97 Å². The van der Waals surface area contributed by atoms with E-state index in [1.165, 1.54) is 6.20 Å². The van der Waals surface area contributed by atoms with E-state index in [4.69, 9.17) is 0 Å². The molecule has 0 aliphatic heterocycles. The average molecular weight is 286 g/mol. The zero-order valence-corrected chi connectivity index (χ0v) is 13.0. The van der Waals surface area contributed by atoms with Crippen LogP contribution < -0.4 is 4.90 Å². The van der Waals surface area contributed by atoms with Crippen LogP contribution >= 0.6 is 0 Å². The van der Waals surface area contributed by atoms with Crippen LogP contribution in [0.2, 0.25) is 0 Å². The summed E-state index contributed by atoms with van der Waals surface area (Å²) in [7, 11) is 2.02.